The van der Waals surface area contributed by atoms with Gasteiger partial charge in [-0.2, -0.15) is 0 Å². The first kappa shape index (κ1) is 13.0. The van der Waals surface area contributed by atoms with Crippen LogP contribution in [0.5, 0.6) is 0 Å². The third-order valence-corrected chi connectivity index (χ3v) is 3.41. The molecule has 1 N–H and O–H groups in total. The van der Waals surface area contributed by atoms with Gasteiger partial charge in [-0.25, -0.2) is 4.39 Å². The summed E-state index contributed by atoms with van der Waals surface area (Å²) in [6.07, 6.45) is 3.14. The van der Waals surface area contributed by atoms with Crippen LogP contribution in [-0.2, 0) is 0 Å². The number of pyridine rings is 2. The quantitative estimate of drug-likeness (QED) is 0.785. The summed E-state index contributed by atoms with van der Waals surface area (Å²) < 4.78 is 13.2. The van der Waals surface area contributed by atoms with E-state index in [0.29, 0.717) is 21.7 Å². The summed E-state index contributed by atoms with van der Waals surface area (Å²) in [6, 6.07) is 8.23. The number of rotatable bonds is 2. The van der Waals surface area contributed by atoms with Crippen molar-refractivity contribution in [1.29, 1.82) is 0 Å². The molecule has 2 heterocycles. The van der Waals surface area contributed by atoms with Crippen LogP contribution in [0.3, 0.4) is 0 Å². The predicted octanol–water partition coefficient (Wildman–Crippen LogP) is 3.50. The van der Waals surface area contributed by atoms with E-state index in [0.717, 1.165) is 11.6 Å². The highest BCUT2D eigenvalue weighted by Crippen LogP contribution is 2.31. The van der Waals surface area contributed by atoms with Crippen LogP contribution in [0, 0.1) is 5.82 Å². The van der Waals surface area contributed by atoms with Crippen molar-refractivity contribution in [2.75, 3.05) is 0 Å². The molecule has 1 aromatic carbocycles. The average molecular weight is 289 g/mol. The normalized spacial score (nSPS) is 12.6. The zero-order valence-electron chi connectivity index (χ0n) is 10.3. The van der Waals surface area contributed by atoms with Gasteiger partial charge in [0.2, 0.25) is 0 Å². The fourth-order valence-corrected chi connectivity index (χ4v) is 2.35. The Morgan fingerprint density at radius 3 is 2.85 bits per heavy atom. The number of benzene rings is 1. The number of aromatic nitrogens is 2. The van der Waals surface area contributed by atoms with Gasteiger partial charge in [0, 0.05) is 33.9 Å². The summed E-state index contributed by atoms with van der Waals surface area (Å²) in [4.78, 5) is 8.00. The second kappa shape index (κ2) is 5.15. The third-order valence-electron chi connectivity index (χ3n) is 3.08. The number of hydrogen-bond acceptors (Lipinski definition) is 3. The minimum atomic E-state index is -1.01. The van der Waals surface area contributed by atoms with Crippen LogP contribution in [-0.4, -0.2) is 15.1 Å². The molecule has 0 bridgehead atoms. The van der Waals surface area contributed by atoms with Gasteiger partial charge in [-0.05, 0) is 24.3 Å². The fourth-order valence-electron chi connectivity index (χ4n) is 2.14. The molecule has 2 aromatic heterocycles. The molecule has 0 saturated heterocycles. The SMILES string of the molecule is OC(c1cncc(F)c1)c1ccc(Cl)c2cccnc12. The van der Waals surface area contributed by atoms with Gasteiger partial charge < -0.3 is 5.11 Å². The summed E-state index contributed by atoms with van der Waals surface area (Å²) >= 11 is 6.11. The highest BCUT2D eigenvalue weighted by atomic mass is 35.5. The van der Waals surface area contributed by atoms with E-state index in [1.807, 2.05) is 6.07 Å². The van der Waals surface area contributed by atoms with E-state index in [9.17, 15) is 9.50 Å². The Hall–Kier alpha value is -2.04. The van der Waals surface area contributed by atoms with Crippen LogP contribution in [0.1, 0.15) is 17.2 Å². The van der Waals surface area contributed by atoms with Crippen molar-refractivity contribution >= 4 is 22.5 Å². The van der Waals surface area contributed by atoms with Gasteiger partial charge in [0.15, 0.2) is 0 Å². The van der Waals surface area contributed by atoms with Crippen LogP contribution < -0.4 is 0 Å². The van der Waals surface area contributed by atoms with Crippen LogP contribution in [0.4, 0.5) is 4.39 Å². The second-order valence-corrected chi connectivity index (χ2v) is 4.78. The molecule has 0 spiro atoms. The Labute approximate surface area is 119 Å². The second-order valence-electron chi connectivity index (χ2n) is 4.38. The van der Waals surface area contributed by atoms with E-state index in [-0.39, 0.29) is 0 Å². The van der Waals surface area contributed by atoms with Gasteiger partial charge in [-0.1, -0.05) is 17.7 Å². The van der Waals surface area contributed by atoms with Crippen LogP contribution in [0.2, 0.25) is 5.02 Å². The van der Waals surface area contributed by atoms with Gasteiger partial charge in [-0.15, -0.1) is 0 Å². The smallest absolute Gasteiger partial charge is 0.141 e. The lowest BCUT2D eigenvalue weighted by molar-refractivity contribution is 0.220. The molecular formula is C15H10ClFN2O. The van der Waals surface area contributed by atoms with Crippen LogP contribution in [0.25, 0.3) is 10.9 Å². The number of hydrogen-bond donors (Lipinski definition) is 1. The molecule has 3 aromatic rings. The molecule has 0 aliphatic carbocycles. The molecule has 3 rings (SSSR count). The molecule has 1 atom stereocenters. The molecule has 0 aliphatic rings. The van der Waals surface area contributed by atoms with Gasteiger partial charge in [0.1, 0.15) is 11.9 Å². The Morgan fingerprint density at radius 2 is 2.05 bits per heavy atom. The van der Waals surface area contributed by atoms with E-state index in [2.05, 4.69) is 9.97 Å². The van der Waals surface area contributed by atoms with E-state index in [1.165, 1.54) is 12.3 Å². The first-order valence-electron chi connectivity index (χ1n) is 5.98. The molecule has 0 aliphatic heterocycles. The highest BCUT2D eigenvalue weighted by molar-refractivity contribution is 6.35. The minimum Gasteiger partial charge on any atom is -0.384 e. The molecule has 5 heteroatoms. The number of fused-ring (bicyclic) bond motifs is 1. The first-order chi connectivity index (χ1) is 9.66. The van der Waals surface area contributed by atoms with Crippen molar-refractivity contribution < 1.29 is 9.50 Å². The predicted molar refractivity (Wildman–Crippen MR) is 75.0 cm³/mol. The summed E-state index contributed by atoms with van der Waals surface area (Å²) in [7, 11) is 0. The molecule has 0 fully saturated rings. The van der Waals surface area contributed by atoms with Crippen molar-refractivity contribution in [3.63, 3.8) is 0 Å². The van der Waals surface area contributed by atoms with Crippen LogP contribution >= 0.6 is 11.6 Å². The van der Waals surface area contributed by atoms with Gasteiger partial charge in [-0.3, -0.25) is 9.97 Å². The van der Waals surface area contributed by atoms with E-state index >= 15 is 0 Å². The third kappa shape index (κ3) is 2.24. The Morgan fingerprint density at radius 1 is 1.20 bits per heavy atom. The van der Waals surface area contributed by atoms with Gasteiger partial charge >= 0.3 is 0 Å². The van der Waals surface area contributed by atoms with E-state index in [4.69, 9.17) is 11.6 Å². The molecule has 20 heavy (non-hydrogen) atoms. The summed E-state index contributed by atoms with van der Waals surface area (Å²) in [5, 5.41) is 11.7. The summed E-state index contributed by atoms with van der Waals surface area (Å²) in [6.45, 7) is 0. The van der Waals surface area contributed by atoms with Crippen molar-refractivity contribution in [1.82, 2.24) is 9.97 Å². The number of nitrogens with zero attached hydrogens (tertiary/aromatic N) is 2. The molecule has 0 radical (unpaired) electrons. The first-order valence-corrected chi connectivity index (χ1v) is 6.36. The Kier molecular flexibility index (Phi) is 3.34. The Balaban J connectivity index is 2.17. The standard InChI is InChI=1S/C15H10ClFN2O/c16-13-4-3-12(14-11(13)2-1-5-19-14)15(20)9-6-10(17)8-18-7-9/h1-8,15,20H. The largest absolute Gasteiger partial charge is 0.384 e. The number of aliphatic hydroxyl groups excluding tert-OH is 1. The molecule has 1 unspecified atom stereocenters. The van der Waals surface area contributed by atoms with Crippen LogP contribution in [0.15, 0.2) is 48.9 Å². The number of halogens is 2. The molecule has 0 amide bonds. The molecule has 100 valence electrons. The minimum absolute atomic E-state index is 0.374. The Bertz CT molecular complexity index is 779. The van der Waals surface area contributed by atoms with E-state index < -0.39 is 11.9 Å². The lowest BCUT2D eigenvalue weighted by Gasteiger charge is -2.13. The zero-order valence-corrected chi connectivity index (χ0v) is 11.0. The summed E-state index contributed by atoms with van der Waals surface area (Å²) in [5.74, 6) is -0.493. The zero-order chi connectivity index (χ0) is 14.1. The number of aliphatic hydroxyl groups is 1. The van der Waals surface area contributed by atoms with Gasteiger partial charge in [0.25, 0.3) is 0 Å². The maximum Gasteiger partial charge on any atom is 0.141 e. The molecular weight excluding hydrogens is 279 g/mol. The van der Waals surface area contributed by atoms with E-state index in [1.54, 1.807) is 24.4 Å². The van der Waals surface area contributed by atoms with Crippen molar-refractivity contribution in [3.05, 3.63) is 70.9 Å². The maximum absolute atomic E-state index is 13.2. The average Bonchev–Trinajstić information content (AvgIpc) is 2.47. The molecule has 3 nitrogen and oxygen atoms in total. The fraction of sp³-hybridized carbons (Fsp3) is 0.0667. The topological polar surface area (TPSA) is 46.0 Å². The maximum atomic E-state index is 13.2. The van der Waals surface area contributed by atoms with Crippen molar-refractivity contribution in [3.8, 4) is 0 Å². The highest BCUT2D eigenvalue weighted by Gasteiger charge is 2.16. The molecule has 0 saturated carbocycles. The van der Waals surface area contributed by atoms with Crippen molar-refractivity contribution in [2.24, 2.45) is 0 Å². The lowest BCUT2D eigenvalue weighted by Crippen LogP contribution is -2.02. The monoisotopic (exact) mass is 288 g/mol. The van der Waals surface area contributed by atoms with Crippen molar-refractivity contribution in [2.45, 2.75) is 6.10 Å². The lowest BCUT2D eigenvalue weighted by atomic mass is 10.00. The van der Waals surface area contributed by atoms with Gasteiger partial charge in [0.05, 0.1) is 11.7 Å². The summed E-state index contributed by atoms with van der Waals surface area (Å²) in [5.41, 5.74) is 1.54.